The fourth-order valence-electron chi connectivity index (χ4n) is 1.44. The molecule has 2 N–H and O–H groups in total. The molecule has 19 heavy (non-hydrogen) atoms. The first kappa shape index (κ1) is 13.0. The van der Waals surface area contributed by atoms with Crippen molar-refractivity contribution in [1.82, 2.24) is 9.97 Å². The number of nitriles is 1. The monoisotopic (exact) mass is 274 g/mol. The number of nitrogens with one attached hydrogen (secondary N) is 1. The average Bonchev–Trinajstić information content (AvgIpc) is 2.89. The van der Waals surface area contributed by atoms with E-state index in [-0.39, 0.29) is 11.7 Å². The van der Waals surface area contributed by atoms with E-state index in [1.165, 1.54) is 16.7 Å². The van der Waals surface area contributed by atoms with Crippen LogP contribution in [0.3, 0.4) is 0 Å². The second-order valence-corrected chi connectivity index (χ2v) is 4.68. The van der Waals surface area contributed by atoms with Crippen LogP contribution >= 0.6 is 11.3 Å². The topological polar surface area (TPSA) is 98.9 Å². The molecule has 2 aromatic heterocycles. The predicted octanol–water partition coefficient (Wildman–Crippen LogP) is 2.28. The second-order valence-electron chi connectivity index (χ2n) is 3.79. The molecule has 0 fully saturated rings. The molecule has 2 rings (SSSR count). The molecule has 0 saturated carbocycles. The van der Waals surface area contributed by atoms with Crippen LogP contribution in [0.5, 0.6) is 0 Å². The predicted molar refractivity (Wildman–Crippen MR) is 70.1 cm³/mol. The lowest BCUT2D eigenvalue weighted by molar-refractivity contribution is 0.0691. The van der Waals surface area contributed by atoms with Crippen molar-refractivity contribution < 1.29 is 9.90 Å². The third-order valence-electron chi connectivity index (χ3n) is 2.37. The van der Waals surface area contributed by atoms with Crippen LogP contribution in [0.15, 0.2) is 23.7 Å². The van der Waals surface area contributed by atoms with E-state index in [9.17, 15) is 4.79 Å². The Bertz CT molecular complexity index is 630. The summed E-state index contributed by atoms with van der Waals surface area (Å²) in [6.45, 7) is 1.88. The number of aromatic nitrogens is 2. The number of aromatic carboxylic acids is 1. The molecule has 7 heteroatoms. The number of carbonyl (C=O) groups is 1. The Hall–Kier alpha value is -2.46. The molecule has 2 aromatic rings. The molecule has 96 valence electrons. The first-order valence-corrected chi connectivity index (χ1v) is 6.29. The Labute approximate surface area is 113 Å². The number of hydrogen-bond donors (Lipinski definition) is 2. The van der Waals surface area contributed by atoms with Crippen LogP contribution in [0.1, 0.15) is 34.2 Å². The minimum Gasteiger partial charge on any atom is -0.476 e. The van der Waals surface area contributed by atoms with Gasteiger partial charge in [-0.3, -0.25) is 0 Å². The molecule has 1 atom stereocenters. The molecule has 0 saturated heterocycles. The Kier molecular flexibility index (Phi) is 3.73. The van der Waals surface area contributed by atoms with Gasteiger partial charge in [-0.05, 0) is 19.1 Å². The van der Waals surface area contributed by atoms with E-state index in [2.05, 4.69) is 15.3 Å². The van der Waals surface area contributed by atoms with Gasteiger partial charge in [0, 0.05) is 5.38 Å². The van der Waals surface area contributed by atoms with Gasteiger partial charge in [0.25, 0.3) is 0 Å². The van der Waals surface area contributed by atoms with Gasteiger partial charge in [0.15, 0.2) is 5.69 Å². The van der Waals surface area contributed by atoms with Crippen molar-refractivity contribution in [3.05, 3.63) is 40.1 Å². The lowest BCUT2D eigenvalue weighted by Crippen LogP contribution is -2.07. The number of anilines is 1. The summed E-state index contributed by atoms with van der Waals surface area (Å²) in [5, 5.41) is 22.8. The van der Waals surface area contributed by atoms with Gasteiger partial charge >= 0.3 is 5.97 Å². The van der Waals surface area contributed by atoms with Gasteiger partial charge in [-0.2, -0.15) is 5.26 Å². The molecule has 0 amide bonds. The summed E-state index contributed by atoms with van der Waals surface area (Å²) >= 11 is 1.29. The molecule has 0 aliphatic carbocycles. The zero-order chi connectivity index (χ0) is 13.8. The number of rotatable bonds is 4. The molecule has 0 radical (unpaired) electrons. The maximum absolute atomic E-state index is 10.7. The van der Waals surface area contributed by atoms with E-state index in [0.29, 0.717) is 10.7 Å². The highest BCUT2D eigenvalue weighted by Gasteiger charge is 2.13. The summed E-state index contributed by atoms with van der Waals surface area (Å²) in [5.41, 5.74) is 1.14. The SMILES string of the molecule is CC(Nc1ccc(C#N)nc1)c1nc(C(=O)O)cs1. The highest BCUT2D eigenvalue weighted by atomic mass is 32.1. The van der Waals surface area contributed by atoms with Crippen molar-refractivity contribution in [2.45, 2.75) is 13.0 Å². The van der Waals surface area contributed by atoms with Crippen molar-refractivity contribution in [2.75, 3.05) is 5.32 Å². The first-order chi connectivity index (χ1) is 9.10. The highest BCUT2D eigenvalue weighted by molar-refractivity contribution is 7.09. The highest BCUT2D eigenvalue weighted by Crippen LogP contribution is 2.22. The molecule has 2 heterocycles. The zero-order valence-electron chi connectivity index (χ0n) is 9.99. The number of carboxylic acid groups (broad SMARTS) is 1. The van der Waals surface area contributed by atoms with Gasteiger partial charge in [-0.15, -0.1) is 11.3 Å². The molecule has 0 bridgehead atoms. The number of pyridine rings is 1. The standard InChI is InChI=1S/C12H10N4O2S/c1-7(11-16-10(6-19-11)12(17)18)15-9-3-2-8(4-13)14-5-9/h2-3,5-7,15H,1H3,(H,17,18). The zero-order valence-corrected chi connectivity index (χ0v) is 10.8. The molecular weight excluding hydrogens is 264 g/mol. The van der Waals surface area contributed by atoms with E-state index in [1.54, 1.807) is 18.3 Å². The van der Waals surface area contributed by atoms with Crippen molar-refractivity contribution in [3.8, 4) is 6.07 Å². The van der Waals surface area contributed by atoms with E-state index < -0.39 is 5.97 Å². The van der Waals surface area contributed by atoms with Crippen molar-refractivity contribution in [3.63, 3.8) is 0 Å². The fourth-order valence-corrected chi connectivity index (χ4v) is 2.24. The minimum atomic E-state index is -1.03. The lowest BCUT2D eigenvalue weighted by Gasteiger charge is -2.11. The molecule has 0 aromatic carbocycles. The number of carboxylic acids is 1. The van der Waals surface area contributed by atoms with E-state index in [1.807, 2.05) is 13.0 Å². The van der Waals surface area contributed by atoms with Gasteiger partial charge in [0.2, 0.25) is 0 Å². The fraction of sp³-hybridized carbons (Fsp3) is 0.167. The molecule has 0 aliphatic heterocycles. The summed E-state index contributed by atoms with van der Waals surface area (Å²) in [6, 6.07) is 5.16. The smallest absolute Gasteiger partial charge is 0.355 e. The maximum atomic E-state index is 10.7. The third kappa shape index (κ3) is 3.05. The summed E-state index contributed by atoms with van der Waals surface area (Å²) < 4.78 is 0. The summed E-state index contributed by atoms with van der Waals surface area (Å²) in [7, 11) is 0. The van der Waals surface area contributed by atoms with Crippen LogP contribution in [0.4, 0.5) is 5.69 Å². The van der Waals surface area contributed by atoms with Crippen LogP contribution in [0, 0.1) is 11.3 Å². The Balaban J connectivity index is 2.09. The number of hydrogen-bond acceptors (Lipinski definition) is 6. The van der Waals surface area contributed by atoms with Gasteiger partial charge < -0.3 is 10.4 Å². The molecule has 0 aliphatic rings. The van der Waals surface area contributed by atoms with Gasteiger partial charge in [-0.25, -0.2) is 14.8 Å². The van der Waals surface area contributed by atoms with Crippen LogP contribution in [-0.4, -0.2) is 21.0 Å². The third-order valence-corrected chi connectivity index (χ3v) is 3.40. The normalized spacial score (nSPS) is 11.6. The van der Waals surface area contributed by atoms with Gasteiger partial charge in [-0.1, -0.05) is 0 Å². The lowest BCUT2D eigenvalue weighted by atomic mass is 10.3. The molecule has 0 spiro atoms. The minimum absolute atomic E-state index is 0.0478. The maximum Gasteiger partial charge on any atom is 0.355 e. The number of nitrogens with zero attached hydrogens (tertiary/aromatic N) is 3. The molecule has 6 nitrogen and oxygen atoms in total. The van der Waals surface area contributed by atoms with Gasteiger partial charge in [0.1, 0.15) is 16.8 Å². The first-order valence-electron chi connectivity index (χ1n) is 5.41. The van der Waals surface area contributed by atoms with Crippen LogP contribution in [0.2, 0.25) is 0 Å². The van der Waals surface area contributed by atoms with E-state index in [4.69, 9.17) is 10.4 Å². The quantitative estimate of drug-likeness (QED) is 0.887. The van der Waals surface area contributed by atoms with E-state index >= 15 is 0 Å². The Morgan fingerprint density at radius 3 is 2.89 bits per heavy atom. The summed E-state index contributed by atoms with van der Waals surface area (Å²) in [5.74, 6) is -1.03. The average molecular weight is 274 g/mol. The van der Waals surface area contributed by atoms with Crippen LogP contribution in [0.25, 0.3) is 0 Å². The Morgan fingerprint density at radius 1 is 1.58 bits per heavy atom. The van der Waals surface area contributed by atoms with Crippen molar-refractivity contribution in [2.24, 2.45) is 0 Å². The summed E-state index contributed by atoms with van der Waals surface area (Å²) in [6.07, 6.45) is 1.56. The van der Waals surface area contributed by atoms with Crippen molar-refractivity contribution >= 4 is 23.0 Å². The molecular formula is C12H10N4O2S. The van der Waals surface area contributed by atoms with Gasteiger partial charge in [0.05, 0.1) is 17.9 Å². The van der Waals surface area contributed by atoms with Crippen molar-refractivity contribution in [1.29, 1.82) is 5.26 Å². The number of thiazole rings is 1. The van der Waals surface area contributed by atoms with Crippen LogP contribution < -0.4 is 5.32 Å². The largest absolute Gasteiger partial charge is 0.476 e. The van der Waals surface area contributed by atoms with Crippen LogP contribution in [-0.2, 0) is 0 Å². The summed E-state index contributed by atoms with van der Waals surface area (Å²) in [4.78, 5) is 18.7. The second kappa shape index (κ2) is 5.46. The molecule has 1 unspecified atom stereocenters. The van der Waals surface area contributed by atoms with E-state index in [0.717, 1.165) is 5.69 Å². The Morgan fingerprint density at radius 2 is 2.37 bits per heavy atom.